The second-order valence-corrected chi connectivity index (χ2v) is 8.16. The van der Waals surface area contributed by atoms with Gasteiger partial charge in [-0.25, -0.2) is 4.79 Å². The van der Waals surface area contributed by atoms with Crippen LogP contribution >= 0.6 is 0 Å². The molecule has 3 aromatic rings. The molecule has 32 heavy (non-hydrogen) atoms. The van der Waals surface area contributed by atoms with Crippen molar-refractivity contribution in [3.05, 3.63) is 102 Å². The van der Waals surface area contributed by atoms with Gasteiger partial charge < -0.3 is 10.6 Å². The third-order valence-corrected chi connectivity index (χ3v) is 5.69. The first-order valence-electron chi connectivity index (χ1n) is 10.6. The number of anilines is 1. The Morgan fingerprint density at radius 3 is 2.16 bits per heavy atom. The summed E-state index contributed by atoms with van der Waals surface area (Å²) in [5.41, 5.74) is 2.19. The lowest BCUT2D eigenvalue weighted by atomic mass is 9.93. The third kappa shape index (κ3) is 4.70. The van der Waals surface area contributed by atoms with Crippen LogP contribution < -0.4 is 10.6 Å². The smallest absolute Gasteiger partial charge is 0.323 e. The average molecular weight is 428 g/mol. The number of aryl methyl sites for hydroxylation is 1. The van der Waals surface area contributed by atoms with Gasteiger partial charge in [0, 0.05) is 11.3 Å². The summed E-state index contributed by atoms with van der Waals surface area (Å²) in [6.07, 6.45) is 1.22. The van der Waals surface area contributed by atoms with Gasteiger partial charge in [0.2, 0.25) is 0 Å². The molecule has 6 nitrogen and oxygen atoms in total. The minimum Gasteiger partial charge on any atom is -0.323 e. The predicted molar refractivity (Wildman–Crippen MR) is 123 cm³/mol. The summed E-state index contributed by atoms with van der Waals surface area (Å²) in [5.74, 6) is -0.449. The molecule has 3 aromatic carbocycles. The van der Waals surface area contributed by atoms with Gasteiger partial charge in [-0.2, -0.15) is 0 Å². The summed E-state index contributed by atoms with van der Waals surface area (Å²) in [6, 6.07) is 25.6. The zero-order valence-electron chi connectivity index (χ0n) is 17.9. The third-order valence-electron chi connectivity index (χ3n) is 5.69. The lowest BCUT2D eigenvalue weighted by Crippen LogP contribution is -2.44. The molecule has 6 heteroatoms. The van der Waals surface area contributed by atoms with E-state index in [9.17, 15) is 14.4 Å². The number of para-hydroxylation sites is 1. The predicted octanol–water partition coefficient (Wildman–Crippen LogP) is 4.38. The van der Waals surface area contributed by atoms with Crippen LogP contribution in [-0.2, 0) is 17.8 Å². The van der Waals surface area contributed by atoms with Crippen LogP contribution in [0.3, 0.4) is 0 Å². The number of imide groups is 1. The van der Waals surface area contributed by atoms with Crippen LogP contribution in [0.25, 0.3) is 0 Å². The number of carbonyl (C=O) groups is 3. The van der Waals surface area contributed by atoms with Gasteiger partial charge in [-0.05, 0) is 55.2 Å². The van der Waals surface area contributed by atoms with E-state index in [-0.39, 0.29) is 18.4 Å². The van der Waals surface area contributed by atoms with Gasteiger partial charge in [-0.15, -0.1) is 0 Å². The quantitative estimate of drug-likeness (QED) is 0.549. The Balaban J connectivity index is 1.38. The number of nitrogens with one attached hydrogen (secondary N) is 2. The molecule has 1 aliphatic heterocycles. The summed E-state index contributed by atoms with van der Waals surface area (Å²) in [6.45, 7) is 1.93. The normalized spacial score (nSPS) is 17.8. The number of benzene rings is 3. The standard InChI is InChI=1S/C26H25N3O3/c1-26(17-16-19-8-4-2-5-9-19)24(31)29(25(32)28-26)18-20-12-14-21(15-13-20)23(30)27-22-10-6-3-7-11-22/h2-15H,16-18H2,1H3,(H,27,30)(H,28,32). The van der Waals surface area contributed by atoms with Crippen LogP contribution in [-0.4, -0.2) is 28.3 Å². The van der Waals surface area contributed by atoms with Gasteiger partial charge in [0.1, 0.15) is 5.54 Å². The van der Waals surface area contributed by atoms with Crippen molar-refractivity contribution >= 4 is 23.5 Å². The van der Waals surface area contributed by atoms with E-state index in [1.807, 2.05) is 60.7 Å². The zero-order chi connectivity index (χ0) is 22.6. The first kappa shape index (κ1) is 21.3. The van der Waals surface area contributed by atoms with E-state index < -0.39 is 11.6 Å². The molecular formula is C26H25N3O3. The van der Waals surface area contributed by atoms with Crippen LogP contribution in [0.15, 0.2) is 84.9 Å². The summed E-state index contributed by atoms with van der Waals surface area (Å²) in [4.78, 5) is 39.2. The minimum atomic E-state index is -0.928. The molecule has 4 amide bonds. The highest BCUT2D eigenvalue weighted by atomic mass is 16.2. The molecule has 1 fully saturated rings. The maximum absolute atomic E-state index is 13.0. The SMILES string of the molecule is CC1(CCc2ccccc2)NC(=O)N(Cc2ccc(C(=O)Nc3ccccc3)cc2)C1=O. The van der Waals surface area contributed by atoms with Crippen molar-refractivity contribution in [1.29, 1.82) is 0 Å². The van der Waals surface area contributed by atoms with Crippen molar-refractivity contribution in [3.63, 3.8) is 0 Å². The van der Waals surface area contributed by atoms with Gasteiger partial charge in [-0.1, -0.05) is 60.7 Å². The number of rotatable bonds is 7. The van der Waals surface area contributed by atoms with E-state index in [1.165, 1.54) is 4.90 Å². The first-order valence-corrected chi connectivity index (χ1v) is 10.6. The molecule has 162 valence electrons. The van der Waals surface area contributed by atoms with Gasteiger partial charge >= 0.3 is 6.03 Å². The lowest BCUT2D eigenvalue weighted by Gasteiger charge is -2.21. The molecule has 0 saturated carbocycles. The van der Waals surface area contributed by atoms with E-state index in [0.29, 0.717) is 18.4 Å². The molecule has 1 heterocycles. The van der Waals surface area contributed by atoms with Crippen molar-refractivity contribution in [3.8, 4) is 0 Å². The maximum atomic E-state index is 13.0. The molecule has 0 bridgehead atoms. The fourth-order valence-electron chi connectivity index (χ4n) is 3.77. The highest BCUT2D eigenvalue weighted by Gasteiger charge is 2.47. The zero-order valence-corrected chi connectivity index (χ0v) is 17.9. The van der Waals surface area contributed by atoms with Crippen LogP contribution in [0.1, 0.15) is 34.8 Å². The van der Waals surface area contributed by atoms with E-state index in [1.54, 1.807) is 31.2 Å². The van der Waals surface area contributed by atoms with E-state index >= 15 is 0 Å². The molecule has 0 aromatic heterocycles. The minimum absolute atomic E-state index is 0.159. The molecule has 1 atom stereocenters. The number of hydrogen-bond donors (Lipinski definition) is 2. The molecule has 0 radical (unpaired) electrons. The van der Waals surface area contributed by atoms with Crippen molar-refractivity contribution in [2.24, 2.45) is 0 Å². The first-order chi connectivity index (χ1) is 15.4. The van der Waals surface area contributed by atoms with Crippen LogP contribution in [0.5, 0.6) is 0 Å². The number of nitrogens with zero attached hydrogens (tertiary/aromatic N) is 1. The summed E-state index contributed by atoms with van der Waals surface area (Å²) < 4.78 is 0. The number of amides is 4. The summed E-state index contributed by atoms with van der Waals surface area (Å²) in [5, 5.41) is 5.69. The highest BCUT2D eigenvalue weighted by Crippen LogP contribution is 2.25. The Morgan fingerprint density at radius 2 is 1.50 bits per heavy atom. The van der Waals surface area contributed by atoms with Crippen LogP contribution in [0.2, 0.25) is 0 Å². The largest absolute Gasteiger partial charge is 0.325 e. The molecular weight excluding hydrogens is 402 g/mol. The Bertz CT molecular complexity index is 1110. The average Bonchev–Trinajstić information content (AvgIpc) is 3.03. The molecule has 1 saturated heterocycles. The van der Waals surface area contributed by atoms with E-state index in [0.717, 1.165) is 16.8 Å². The topological polar surface area (TPSA) is 78.5 Å². The van der Waals surface area contributed by atoms with Gasteiger partial charge in [0.25, 0.3) is 11.8 Å². The van der Waals surface area contributed by atoms with Crippen LogP contribution in [0, 0.1) is 0 Å². The highest BCUT2D eigenvalue weighted by molar-refractivity contribution is 6.07. The molecule has 2 N–H and O–H groups in total. The van der Waals surface area contributed by atoms with Crippen molar-refractivity contribution < 1.29 is 14.4 Å². The summed E-state index contributed by atoms with van der Waals surface area (Å²) >= 11 is 0. The lowest BCUT2D eigenvalue weighted by molar-refractivity contribution is -0.131. The fourth-order valence-corrected chi connectivity index (χ4v) is 3.77. The fraction of sp³-hybridized carbons (Fsp3) is 0.192. The second kappa shape index (κ2) is 9.06. The molecule has 1 aliphatic rings. The molecule has 4 rings (SSSR count). The molecule has 1 unspecified atom stereocenters. The number of urea groups is 1. The van der Waals surface area contributed by atoms with E-state index in [2.05, 4.69) is 10.6 Å². The summed E-state index contributed by atoms with van der Waals surface area (Å²) in [7, 11) is 0. The monoisotopic (exact) mass is 427 g/mol. The Hall–Kier alpha value is -3.93. The molecule has 0 aliphatic carbocycles. The molecule has 0 spiro atoms. The number of hydrogen-bond acceptors (Lipinski definition) is 3. The van der Waals surface area contributed by atoms with Crippen LogP contribution in [0.4, 0.5) is 10.5 Å². The van der Waals surface area contributed by atoms with Crippen molar-refractivity contribution in [2.75, 3.05) is 5.32 Å². The Kier molecular flexibility index (Phi) is 6.03. The number of carbonyl (C=O) groups excluding carboxylic acids is 3. The van der Waals surface area contributed by atoms with Gasteiger partial charge in [0.15, 0.2) is 0 Å². The van der Waals surface area contributed by atoms with Gasteiger partial charge in [-0.3, -0.25) is 14.5 Å². The maximum Gasteiger partial charge on any atom is 0.325 e. The van der Waals surface area contributed by atoms with Gasteiger partial charge in [0.05, 0.1) is 6.54 Å². The van der Waals surface area contributed by atoms with E-state index in [4.69, 9.17) is 0 Å². The van der Waals surface area contributed by atoms with Crippen molar-refractivity contribution in [2.45, 2.75) is 31.8 Å². The Labute approximate surface area is 187 Å². The second-order valence-electron chi connectivity index (χ2n) is 8.16. The van der Waals surface area contributed by atoms with Crippen molar-refractivity contribution in [1.82, 2.24) is 10.2 Å². The Morgan fingerprint density at radius 1 is 0.875 bits per heavy atom.